The third-order valence-electron chi connectivity index (χ3n) is 4.45. The monoisotopic (exact) mass is 289 g/mol. The minimum atomic E-state index is -0.00527. The summed E-state index contributed by atoms with van der Waals surface area (Å²) in [5.41, 5.74) is 1.12. The molecule has 2 aliphatic heterocycles. The van der Waals surface area contributed by atoms with E-state index in [4.69, 9.17) is 4.74 Å². The van der Waals surface area contributed by atoms with Gasteiger partial charge in [-0.15, -0.1) is 0 Å². The Balaban J connectivity index is 1.72. The molecular weight excluding hydrogens is 266 g/mol. The predicted molar refractivity (Wildman–Crippen MR) is 81.1 cm³/mol. The van der Waals surface area contributed by atoms with Gasteiger partial charge in [-0.25, -0.2) is 0 Å². The molecule has 2 fully saturated rings. The largest absolute Gasteiger partial charge is 0.497 e. The molecule has 2 aliphatic rings. The van der Waals surface area contributed by atoms with Crippen LogP contribution in [0, 0.1) is 5.92 Å². The first-order chi connectivity index (χ1) is 10.2. The Morgan fingerprint density at radius 2 is 2.10 bits per heavy atom. The SMILES string of the molecule is COc1ccc(C2NCC(=O)N2CC2CCN(C)C2)cc1. The normalized spacial score (nSPS) is 26.6. The maximum atomic E-state index is 12.2. The number of nitrogens with one attached hydrogen (secondary N) is 1. The van der Waals surface area contributed by atoms with Crippen molar-refractivity contribution in [1.29, 1.82) is 0 Å². The summed E-state index contributed by atoms with van der Waals surface area (Å²) >= 11 is 0. The summed E-state index contributed by atoms with van der Waals surface area (Å²) in [6, 6.07) is 7.95. The standard InChI is InChI=1S/C16H23N3O2/c1-18-8-7-12(10-18)11-19-15(20)9-17-16(19)13-3-5-14(21-2)6-4-13/h3-6,12,16-17H,7-11H2,1-2H3. The Morgan fingerprint density at radius 3 is 2.71 bits per heavy atom. The Hall–Kier alpha value is -1.59. The molecule has 2 atom stereocenters. The molecule has 21 heavy (non-hydrogen) atoms. The molecule has 1 N–H and O–H groups in total. The van der Waals surface area contributed by atoms with E-state index in [-0.39, 0.29) is 12.1 Å². The van der Waals surface area contributed by atoms with Crippen molar-refractivity contribution in [2.45, 2.75) is 12.6 Å². The van der Waals surface area contributed by atoms with E-state index in [1.165, 1.54) is 6.42 Å². The van der Waals surface area contributed by atoms with Crippen LogP contribution in [0.1, 0.15) is 18.2 Å². The van der Waals surface area contributed by atoms with Gasteiger partial charge in [-0.2, -0.15) is 0 Å². The first-order valence-corrected chi connectivity index (χ1v) is 7.52. The molecule has 2 heterocycles. The van der Waals surface area contributed by atoms with E-state index in [1.54, 1.807) is 7.11 Å². The highest BCUT2D eigenvalue weighted by Gasteiger charge is 2.34. The van der Waals surface area contributed by atoms with Crippen LogP contribution in [0.15, 0.2) is 24.3 Å². The van der Waals surface area contributed by atoms with Crippen molar-refractivity contribution < 1.29 is 9.53 Å². The number of nitrogens with zero attached hydrogens (tertiary/aromatic N) is 2. The molecule has 1 aromatic carbocycles. The van der Waals surface area contributed by atoms with Crippen LogP contribution in [0.2, 0.25) is 0 Å². The molecule has 3 rings (SSSR count). The smallest absolute Gasteiger partial charge is 0.238 e. The van der Waals surface area contributed by atoms with Gasteiger partial charge in [0.2, 0.25) is 5.91 Å². The Labute approximate surface area is 125 Å². The van der Waals surface area contributed by atoms with E-state index in [2.05, 4.69) is 17.3 Å². The molecule has 1 aromatic rings. The van der Waals surface area contributed by atoms with Crippen LogP contribution in [0.5, 0.6) is 5.75 Å². The lowest BCUT2D eigenvalue weighted by atomic mass is 10.1. The fourth-order valence-electron chi connectivity index (χ4n) is 3.28. The van der Waals surface area contributed by atoms with Crippen LogP contribution in [-0.2, 0) is 4.79 Å². The third-order valence-corrected chi connectivity index (χ3v) is 4.45. The second kappa shape index (κ2) is 6.03. The summed E-state index contributed by atoms with van der Waals surface area (Å²) in [5.74, 6) is 1.62. The number of benzene rings is 1. The minimum absolute atomic E-state index is 0.00527. The van der Waals surface area contributed by atoms with Gasteiger partial charge in [0.25, 0.3) is 0 Å². The number of carbonyl (C=O) groups is 1. The predicted octanol–water partition coefficient (Wildman–Crippen LogP) is 1.08. The van der Waals surface area contributed by atoms with Crippen molar-refractivity contribution in [2.75, 3.05) is 40.3 Å². The second-order valence-corrected chi connectivity index (χ2v) is 6.02. The summed E-state index contributed by atoms with van der Waals surface area (Å²) in [5, 5.41) is 3.32. The van der Waals surface area contributed by atoms with Crippen LogP contribution < -0.4 is 10.1 Å². The first-order valence-electron chi connectivity index (χ1n) is 7.52. The minimum Gasteiger partial charge on any atom is -0.497 e. The van der Waals surface area contributed by atoms with Gasteiger partial charge in [-0.05, 0) is 43.6 Å². The zero-order chi connectivity index (χ0) is 14.8. The number of methoxy groups -OCH3 is 1. The highest BCUT2D eigenvalue weighted by atomic mass is 16.5. The van der Waals surface area contributed by atoms with E-state index in [1.807, 2.05) is 29.2 Å². The summed E-state index contributed by atoms with van der Waals surface area (Å²) in [6.45, 7) is 3.48. The van der Waals surface area contributed by atoms with Gasteiger partial charge in [-0.3, -0.25) is 10.1 Å². The first kappa shape index (κ1) is 14.4. The molecule has 0 aliphatic carbocycles. The lowest BCUT2D eigenvalue weighted by Gasteiger charge is -2.27. The van der Waals surface area contributed by atoms with Gasteiger partial charge in [-0.1, -0.05) is 12.1 Å². The zero-order valence-corrected chi connectivity index (χ0v) is 12.7. The van der Waals surface area contributed by atoms with Crippen molar-refractivity contribution in [3.8, 4) is 5.75 Å². The number of likely N-dealkylation sites (tertiary alicyclic amines) is 1. The zero-order valence-electron chi connectivity index (χ0n) is 12.7. The number of hydrogen-bond acceptors (Lipinski definition) is 4. The van der Waals surface area contributed by atoms with Crippen molar-refractivity contribution in [3.63, 3.8) is 0 Å². The molecule has 0 radical (unpaired) electrons. The molecule has 5 heteroatoms. The van der Waals surface area contributed by atoms with Crippen molar-refractivity contribution in [2.24, 2.45) is 5.92 Å². The molecule has 0 saturated carbocycles. The van der Waals surface area contributed by atoms with E-state index < -0.39 is 0 Å². The summed E-state index contributed by atoms with van der Waals surface area (Å²) < 4.78 is 5.19. The Kier molecular flexibility index (Phi) is 4.12. The summed E-state index contributed by atoms with van der Waals surface area (Å²) in [6.07, 6.45) is 1.17. The van der Waals surface area contributed by atoms with Gasteiger partial charge in [0, 0.05) is 13.1 Å². The average Bonchev–Trinajstić information content (AvgIpc) is 3.07. The van der Waals surface area contributed by atoms with Crippen molar-refractivity contribution >= 4 is 5.91 Å². The van der Waals surface area contributed by atoms with E-state index in [0.717, 1.165) is 30.9 Å². The van der Waals surface area contributed by atoms with Crippen LogP contribution in [-0.4, -0.2) is 56.0 Å². The van der Waals surface area contributed by atoms with Crippen LogP contribution in [0.3, 0.4) is 0 Å². The lowest BCUT2D eigenvalue weighted by Crippen LogP contribution is -2.35. The highest BCUT2D eigenvalue weighted by molar-refractivity contribution is 5.81. The molecule has 114 valence electrons. The van der Waals surface area contributed by atoms with Crippen LogP contribution >= 0.6 is 0 Å². The van der Waals surface area contributed by atoms with Gasteiger partial charge >= 0.3 is 0 Å². The fourth-order valence-corrected chi connectivity index (χ4v) is 3.28. The quantitative estimate of drug-likeness (QED) is 0.901. The summed E-state index contributed by atoms with van der Waals surface area (Å²) in [7, 11) is 3.81. The fraction of sp³-hybridized carbons (Fsp3) is 0.562. The number of amides is 1. The number of rotatable bonds is 4. The number of hydrogen-bond donors (Lipinski definition) is 1. The van der Waals surface area contributed by atoms with Crippen LogP contribution in [0.4, 0.5) is 0 Å². The van der Waals surface area contributed by atoms with Gasteiger partial charge in [0.15, 0.2) is 0 Å². The Bertz CT molecular complexity index is 503. The highest BCUT2D eigenvalue weighted by Crippen LogP contribution is 2.27. The molecule has 0 bridgehead atoms. The van der Waals surface area contributed by atoms with Crippen molar-refractivity contribution in [3.05, 3.63) is 29.8 Å². The van der Waals surface area contributed by atoms with Gasteiger partial charge < -0.3 is 14.5 Å². The van der Waals surface area contributed by atoms with E-state index in [9.17, 15) is 4.79 Å². The topological polar surface area (TPSA) is 44.8 Å². The van der Waals surface area contributed by atoms with E-state index >= 15 is 0 Å². The molecule has 2 unspecified atom stereocenters. The number of ether oxygens (including phenoxy) is 1. The second-order valence-electron chi connectivity index (χ2n) is 6.02. The van der Waals surface area contributed by atoms with Crippen molar-refractivity contribution in [1.82, 2.24) is 15.1 Å². The van der Waals surface area contributed by atoms with Gasteiger partial charge in [0.1, 0.15) is 11.9 Å². The molecule has 1 amide bonds. The van der Waals surface area contributed by atoms with Gasteiger partial charge in [0.05, 0.1) is 13.7 Å². The molecule has 2 saturated heterocycles. The number of carbonyl (C=O) groups excluding carboxylic acids is 1. The lowest BCUT2D eigenvalue weighted by molar-refractivity contribution is -0.128. The molecule has 0 spiro atoms. The Morgan fingerprint density at radius 1 is 1.33 bits per heavy atom. The van der Waals surface area contributed by atoms with Crippen LogP contribution in [0.25, 0.3) is 0 Å². The maximum Gasteiger partial charge on any atom is 0.238 e. The molecule has 0 aromatic heterocycles. The average molecular weight is 289 g/mol. The van der Waals surface area contributed by atoms with E-state index in [0.29, 0.717) is 12.5 Å². The molecular formula is C16H23N3O2. The summed E-state index contributed by atoms with van der Waals surface area (Å²) in [4.78, 5) is 16.5. The third kappa shape index (κ3) is 3.04. The molecule has 5 nitrogen and oxygen atoms in total. The maximum absolute atomic E-state index is 12.2.